The third-order valence-electron chi connectivity index (χ3n) is 4.82. The van der Waals surface area contributed by atoms with Crippen molar-refractivity contribution < 1.29 is 9.59 Å². The van der Waals surface area contributed by atoms with E-state index in [0.717, 1.165) is 29.8 Å². The summed E-state index contributed by atoms with van der Waals surface area (Å²) in [7, 11) is 0. The van der Waals surface area contributed by atoms with E-state index in [4.69, 9.17) is 0 Å². The van der Waals surface area contributed by atoms with Gasteiger partial charge >= 0.3 is 0 Å². The lowest BCUT2D eigenvalue weighted by Gasteiger charge is -2.16. The summed E-state index contributed by atoms with van der Waals surface area (Å²) in [4.78, 5) is 24.0. The van der Waals surface area contributed by atoms with Gasteiger partial charge in [0.05, 0.1) is 6.04 Å². The van der Waals surface area contributed by atoms with Crippen molar-refractivity contribution in [1.82, 2.24) is 5.32 Å². The molecule has 0 aliphatic heterocycles. The van der Waals surface area contributed by atoms with Gasteiger partial charge in [0.15, 0.2) is 0 Å². The predicted octanol–water partition coefficient (Wildman–Crippen LogP) is 4.02. The summed E-state index contributed by atoms with van der Waals surface area (Å²) >= 11 is 0. The zero-order valence-corrected chi connectivity index (χ0v) is 15.9. The van der Waals surface area contributed by atoms with Gasteiger partial charge in [-0.15, -0.1) is 0 Å². The number of nitrogens with one attached hydrogen (secondary N) is 3. The van der Waals surface area contributed by atoms with Crippen LogP contribution in [0, 0.1) is 12.8 Å². The molecule has 1 aliphatic rings. The van der Waals surface area contributed by atoms with Crippen LogP contribution in [0.3, 0.4) is 0 Å². The highest BCUT2D eigenvalue weighted by molar-refractivity contribution is 5.94. The summed E-state index contributed by atoms with van der Waals surface area (Å²) in [6.07, 6.45) is 2.39. The molecule has 0 heterocycles. The van der Waals surface area contributed by atoms with Gasteiger partial charge in [-0.3, -0.25) is 9.59 Å². The van der Waals surface area contributed by atoms with E-state index in [1.807, 2.05) is 62.4 Å². The van der Waals surface area contributed by atoms with Crippen molar-refractivity contribution in [1.29, 1.82) is 0 Å². The van der Waals surface area contributed by atoms with Crippen LogP contribution in [0.4, 0.5) is 11.4 Å². The van der Waals surface area contributed by atoms with Crippen LogP contribution < -0.4 is 16.0 Å². The lowest BCUT2D eigenvalue weighted by atomic mass is 10.1. The zero-order chi connectivity index (χ0) is 19.2. The number of hydrogen-bond acceptors (Lipinski definition) is 3. The maximum atomic E-state index is 12.2. The molecule has 0 aromatic heterocycles. The monoisotopic (exact) mass is 365 g/mol. The topological polar surface area (TPSA) is 70.2 Å². The lowest BCUT2D eigenvalue weighted by Crippen LogP contribution is -2.28. The molecule has 0 bridgehead atoms. The Kier molecular flexibility index (Phi) is 6.12. The molecule has 5 nitrogen and oxygen atoms in total. The van der Waals surface area contributed by atoms with Gasteiger partial charge in [-0.2, -0.15) is 0 Å². The van der Waals surface area contributed by atoms with Crippen molar-refractivity contribution in [3.63, 3.8) is 0 Å². The normalized spacial score (nSPS) is 14.3. The number of aryl methyl sites for hydroxylation is 1. The Labute approximate surface area is 160 Å². The molecule has 0 unspecified atom stereocenters. The van der Waals surface area contributed by atoms with Gasteiger partial charge in [0, 0.05) is 30.3 Å². The Bertz CT molecular complexity index is 797. The Balaban J connectivity index is 1.43. The molecule has 27 heavy (non-hydrogen) atoms. The van der Waals surface area contributed by atoms with Crippen LogP contribution in [0.15, 0.2) is 48.5 Å². The number of rotatable bonds is 8. The predicted molar refractivity (Wildman–Crippen MR) is 109 cm³/mol. The Morgan fingerprint density at radius 1 is 1.07 bits per heavy atom. The average molecular weight is 365 g/mol. The lowest BCUT2D eigenvalue weighted by molar-refractivity contribution is -0.121. The van der Waals surface area contributed by atoms with E-state index >= 15 is 0 Å². The smallest absolute Gasteiger partial charge is 0.227 e. The Morgan fingerprint density at radius 2 is 1.78 bits per heavy atom. The van der Waals surface area contributed by atoms with Crippen molar-refractivity contribution >= 4 is 23.2 Å². The third-order valence-corrected chi connectivity index (χ3v) is 4.82. The molecule has 1 aliphatic carbocycles. The second kappa shape index (κ2) is 8.71. The summed E-state index contributed by atoms with van der Waals surface area (Å²) < 4.78 is 0. The highest BCUT2D eigenvalue weighted by atomic mass is 16.2. The first kappa shape index (κ1) is 19.0. The van der Waals surface area contributed by atoms with E-state index in [9.17, 15) is 9.59 Å². The molecule has 5 heteroatoms. The van der Waals surface area contributed by atoms with Crippen LogP contribution >= 0.6 is 0 Å². The fraction of sp³-hybridized carbons (Fsp3) is 0.364. The fourth-order valence-corrected chi connectivity index (χ4v) is 2.92. The molecular formula is C22H27N3O2. The number of amides is 2. The van der Waals surface area contributed by atoms with Crippen LogP contribution in [-0.4, -0.2) is 18.4 Å². The molecule has 0 radical (unpaired) electrons. The van der Waals surface area contributed by atoms with Crippen molar-refractivity contribution in [3.8, 4) is 0 Å². The van der Waals surface area contributed by atoms with Gasteiger partial charge in [0.1, 0.15) is 0 Å². The fourth-order valence-electron chi connectivity index (χ4n) is 2.92. The second-order valence-corrected chi connectivity index (χ2v) is 7.17. The molecule has 142 valence electrons. The van der Waals surface area contributed by atoms with Crippen molar-refractivity contribution in [2.45, 2.75) is 39.2 Å². The summed E-state index contributed by atoms with van der Waals surface area (Å²) in [5.41, 5.74) is 4.04. The third kappa shape index (κ3) is 5.58. The van der Waals surface area contributed by atoms with Crippen molar-refractivity contribution in [3.05, 3.63) is 59.7 Å². The number of benzene rings is 2. The first-order valence-electron chi connectivity index (χ1n) is 9.52. The first-order valence-corrected chi connectivity index (χ1v) is 9.52. The van der Waals surface area contributed by atoms with Crippen LogP contribution in [-0.2, 0) is 9.59 Å². The number of carbonyl (C=O) groups is 2. The van der Waals surface area contributed by atoms with Gasteiger partial charge < -0.3 is 16.0 Å². The zero-order valence-electron chi connectivity index (χ0n) is 15.9. The van der Waals surface area contributed by atoms with Crippen molar-refractivity contribution in [2.24, 2.45) is 5.92 Å². The highest BCUT2D eigenvalue weighted by Crippen LogP contribution is 2.30. The number of para-hydroxylation sites is 1. The average Bonchev–Trinajstić information content (AvgIpc) is 3.49. The van der Waals surface area contributed by atoms with Crippen LogP contribution in [0.2, 0.25) is 0 Å². The second-order valence-electron chi connectivity index (χ2n) is 7.17. The largest absolute Gasteiger partial charge is 0.384 e. The minimum atomic E-state index is -0.0795. The van der Waals surface area contributed by atoms with E-state index in [1.165, 1.54) is 5.56 Å². The van der Waals surface area contributed by atoms with E-state index < -0.39 is 0 Å². The quantitative estimate of drug-likeness (QED) is 0.662. The van der Waals surface area contributed by atoms with Gasteiger partial charge in [-0.25, -0.2) is 0 Å². The Hall–Kier alpha value is -2.82. The van der Waals surface area contributed by atoms with Gasteiger partial charge in [0.25, 0.3) is 0 Å². The summed E-state index contributed by atoms with van der Waals surface area (Å²) in [6.45, 7) is 4.60. The van der Waals surface area contributed by atoms with E-state index in [2.05, 4.69) is 16.0 Å². The molecule has 0 saturated heterocycles. The van der Waals surface area contributed by atoms with E-state index in [-0.39, 0.29) is 23.8 Å². The van der Waals surface area contributed by atoms with Crippen LogP contribution in [0.25, 0.3) is 0 Å². The summed E-state index contributed by atoms with van der Waals surface area (Å²) in [5, 5.41) is 9.24. The number of anilines is 2. The number of carbonyl (C=O) groups excluding carboxylic acids is 2. The van der Waals surface area contributed by atoms with Gasteiger partial charge in [-0.05, 0) is 56.0 Å². The molecule has 1 atom stereocenters. The van der Waals surface area contributed by atoms with E-state index in [1.54, 1.807) is 0 Å². The molecule has 2 aromatic rings. The van der Waals surface area contributed by atoms with Crippen LogP contribution in [0.5, 0.6) is 0 Å². The molecule has 1 fully saturated rings. The summed E-state index contributed by atoms with van der Waals surface area (Å²) in [6, 6.07) is 15.6. The molecule has 2 amide bonds. The molecule has 2 aromatic carbocycles. The SMILES string of the molecule is Cc1ccccc1NCCC(=O)N[C@@H](C)c1ccc(NC(=O)C2CC2)cc1. The van der Waals surface area contributed by atoms with Crippen molar-refractivity contribution in [2.75, 3.05) is 17.2 Å². The first-order chi connectivity index (χ1) is 13.0. The highest BCUT2D eigenvalue weighted by Gasteiger charge is 2.29. The Morgan fingerprint density at radius 3 is 2.44 bits per heavy atom. The van der Waals surface area contributed by atoms with Gasteiger partial charge in [-0.1, -0.05) is 30.3 Å². The number of hydrogen-bond donors (Lipinski definition) is 3. The van der Waals surface area contributed by atoms with Gasteiger partial charge in [0.2, 0.25) is 11.8 Å². The van der Waals surface area contributed by atoms with E-state index in [0.29, 0.717) is 13.0 Å². The minimum Gasteiger partial charge on any atom is -0.384 e. The van der Waals surface area contributed by atoms with Crippen LogP contribution in [0.1, 0.15) is 43.4 Å². The molecular weight excluding hydrogens is 338 g/mol. The standard InChI is InChI=1S/C22H27N3O2/c1-15-5-3-4-6-20(15)23-14-13-21(26)24-16(2)17-9-11-19(12-10-17)25-22(27)18-7-8-18/h3-6,9-12,16,18,23H,7-8,13-14H2,1-2H3,(H,24,26)(H,25,27)/t16-/m0/s1. The minimum absolute atomic E-state index is 0.00898. The maximum absolute atomic E-state index is 12.2. The molecule has 1 saturated carbocycles. The molecule has 3 rings (SSSR count). The summed E-state index contributed by atoms with van der Waals surface area (Å²) in [5.74, 6) is 0.302. The maximum Gasteiger partial charge on any atom is 0.227 e. The molecule has 0 spiro atoms. The molecule has 3 N–H and O–H groups in total.